The highest BCUT2D eigenvalue weighted by molar-refractivity contribution is 6.31. The molecule has 1 aromatic carbocycles. The van der Waals surface area contributed by atoms with Gasteiger partial charge in [-0.1, -0.05) is 11.6 Å². The van der Waals surface area contributed by atoms with Crippen molar-refractivity contribution in [2.75, 3.05) is 56.6 Å². The Bertz CT molecular complexity index is 1640. The summed E-state index contributed by atoms with van der Waals surface area (Å²) in [7, 11) is 3.72. The van der Waals surface area contributed by atoms with Gasteiger partial charge in [0.05, 0.1) is 23.9 Å². The summed E-state index contributed by atoms with van der Waals surface area (Å²) in [5, 5.41) is 13.1. The van der Waals surface area contributed by atoms with Crippen LogP contribution in [0.1, 0.15) is 61.3 Å². The SMILES string of the molecule is CC[n+]1c(CNC(=O)c2nc(Cl)c(N)nc2N)n(C[C@H](C)O)c2cc(N(C)C)c(C(=O)N3CCN(C(=O)OC(C)(C)C)CC3)cc21. The molecule has 0 radical (unpaired) electrons. The predicted octanol–water partition coefficient (Wildman–Crippen LogP) is 1.63. The van der Waals surface area contributed by atoms with E-state index in [0.29, 0.717) is 49.8 Å². The van der Waals surface area contributed by atoms with Crippen LogP contribution in [0.5, 0.6) is 0 Å². The lowest BCUT2D eigenvalue weighted by Gasteiger charge is -2.36. The first-order valence-corrected chi connectivity index (χ1v) is 15.5. The summed E-state index contributed by atoms with van der Waals surface area (Å²) < 4.78 is 9.41. The van der Waals surface area contributed by atoms with Crippen LogP contribution in [0.2, 0.25) is 5.15 Å². The van der Waals surface area contributed by atoms with Gasteiger partial charge in [-0.15, -0.1) is 0 Å². The summed E-state index contributed by atoms with van der Waals surface area (Å²) in [6.45, 7) is 11.3. The highest BCUT2D eigenvalue weighted by atomic mass is 35.5. The normalized spacial score (nSPS) is 14.4. The fraction of sp³-hybridized carbons (Fsp3) is 0.533. The molecule has 46 heavy (non-hydrogen) atoms. The van der Waals surface area contributed by atoms with E-state index in [1.165, 1.54) is 0 Å². The number of amides is 3. The van der Waals surface area contributed by atoms with E-state index in [2.05, 4.69) is 15.3 Å². The molecule has 6 N–H and O–H groups in total. The Morgan fingerprint density at radius 1 is 1.11 bits per heavy atom. The molecule has 0 saturated carbocycles. The summed E-state index contributed by atoms with van der Waals surface area (Å²) in [4.78, 5) is 52.8. The monoisotopic (exact) mass is 659 g/mol. The summed E-state index contributed by atoms with van der Waals surface area (Å²) in [6, 6.07) is 3.77. The van der Waals surface area contributed by atoms with Crippen molar-refractivity contribution < 1.29 is 28.8 Å². The van der Waals surface area contributed by atoms with Crippen molar-refractivity contribution in [3.8, 4) is 0 Å². The van der Waals surface area contributed by atoms with Crippen molar-refractivity contribution in [1.82, 2.24) is 29.7 Å². The third-order valence-electron chi connectivity index (χ3n) is 7.52. The number of rotatable bonds is 8. The van der Waals surface area contributed by atoms with Crippen LogP contribution in [0.25, 0.3) is 11.0 Å². The van der Waals surface area contributed by atoms with Crippen LogP contribution >= 0.6 is 11.6 Å². The van der Waals surface area contributed by atoms with Gasteiger partial charge in [-0.2, -0.15) is 0 Å². The Balaban J connectivity index is 1.69. The number of nitrogen functional groups attached to an aromatic ring is 2. The van der Waals surface area contributed by atoms with Crippen LogP contribution in [-0.2, 0) is 24.4 Å². The van der Waals surface area contributed by atoms with Crippen LogP contribution in [0.15, 0.2) is 12.1 Å². The zero-order valence-electron chi connectivity index (χ0n) is 27.4. The molecule has 0 aliphatic carbocycles. The summed E-state index contributed by atoms with van der Waals surface area (Å²) in [6.07, 6.45) is -1.11. The highest BCUT2D eigenvalue weighted by Crippen LogP contribution is 2.29. The standard InChI is InChI=1S/C30H43ClN10O5/c1-8-40-20-13-18(28(44)38-9-11-39(12-10-38)29(45)46-30(3,4)5)19(37(6)7)14-21(20)41(16-17(2)42)22(40)15-34-27(43)23-25(32)36-26(33)24(31)35-23/h13-14,17,42H,8-12,15-16H2,1-7H3,(H4-,32,33,34,36,43)/p+1/t17-/m0/s1. The fourth-order valence-electron chi connectivity index (χ4n) is 5.42. The lowest BCUT2D eigenvalue weighted by atomic mass is 10.1. The molecule has 3 amide bonds. The smallest absolute Gasteiger partial charge is 0.410 e. The molecule has 1 fully saturated rings. The number of carbonyl (C=O) groups excluding carboxylic acids is 3. The fourth-order valence-corrected chi connectivity index (χ4v) is 5.54. The van der Waals surface area contributed by atoms with E-state index in [4.69, 9.17) is 27.8 Å². The minimum Gasteiger partial charge on any atom is -0.444 e. The molecule has 1 aliphatic rings. The van der Waals surface area contributed by atoms with E-state index >= 15 is 0 Å². The molecule has 4 rings (SSSR count). The number of benzene rings is 1. The number of fused-ring (bicyclic) bond motifs is 1. The minimum atomic E-state index is -0.710. The molecule has 3 aromatic rings. The molecule has 0 spiro atoms. The highest BCUT2D eigenvalue weighted by Gasteiger charge is 2.33. The van der Waals surface area contributed by atoms with Crippen molar-refractivity contribution >= 4 is 57.9 Å². The Hall–Kier alpha value is -4.37. The number of piperazine rings is 1. The van der Waals surface area contributed by atoms with E-state index in [0.717, 1.165) is 11.0 Å². The van der Waals surface area contributed by atoms with Crippen molar-refractivity contribution in [1.29, 1.82) is 0 Å². The van der Waals surface area contributed by atoms with Gasteiger partial charge in [0, 0.05) is 52.4 Å². The number of ether oxygens (including phenoxy) is 1. The Labute approximate surface area is 273 Å². The van der Waals surface area contributed by atoms with E-state index in [9.17, 15) is 19.5 Å². The zero-order chi connectivity index (χ0) is 34.1. The first kappa shape index (κ1) is 34.5. The molecular formula is C30H44ClN10O5+. The molecule has 2 aromatic heterocycles. The van der Waals surface area contributed by atoms with E-state index < -0.39 is 23.7 Å². The lowest BCUT2D eigenvalue weighted by Crippen LogP contribution is -2.51. The van der Waals surface area contributed by atoms with Crippen molar-refractivity contribution in [3.05, 3.63) is 34.4 Å². The van der Waals surface area contributed by atoms with E-state index in [1.807, 2.05) is 68.0 Å². The molecule has 250 valence electrons. The van der Waals surface area contributed by atoms with Gasteiger partial charge in [-0.3, -0.25) is 9.59 Å². The maximum atomic E-state index is 14.0. The van der Waals surface area contributed by atoms with Gasteiger partial charge in [0.15, 0.2) is 33.5 Å². The van der Waals surface area contributed by atoms with Crippen LogP contribution in [0.3, 0.4) is 0 Å². The quantitative estimate of drug-likeness (QED) is 0.259. The summed E-state index contributed by atoms with van der Waals surface area (Å²) >= 11 is 5.98. The molecule has 0 bridgehead atoms. The molecule has 1 saturated heterocycles. The summed E-state index contributed by atoms with van der Waals surface area (Å²) in [5.41, 5.74) is 13.5. The number of aromatic nitrogens is 4. The zero-order valence-corrected chi connectivity index (χ0v) is 28.2. The molecule has 3 heterocycles. The topological polar surface area (TPSA) is 189 Å². The number of nitrogens with two attached hydrogens (primary N) is 2. The number of hydrogen-bond acceptors (Lipinski definition) is 10. The van der Waals surface area contributed by atoms with Gasteiger partial charge < -0.3 is 41.3 Å². The molecule has 1 aliphatic heterocycles. The number of nitrogens with zero attached hydrogens (tertiary/aromatic N) is 7. The molecule has 1 atom stereocenters. The average Bonchev–Trinajstić information content (AvgIpc) is 3.26. The second kappa shape index (κ2) is 13.5. The number of hydrogen-bond donors (Lipinski definition) is 4. The second-order valence-electron chi connectivity index (χ2n) is 12.4. The maximum Gasteiger partial charge on any atom is 0.410 e. The van der Waals surface area contributed by atoms with Crippen molar-refractivity contribution in [3.63, 3.8) is 0 Å². The predicted molar refractivity (Wildman–Crippen MR) is 175 cm³/mol. The largest absolute Gasteiger partial charge is 0.444 e. The van der Waals surface area contributed by atoms with Crippen LogP contribution in [-0.4, -0.2) is 99.3 Å². The third-order valence-corrected chi connectivity index (χ3v) is 7.80. The number of aliphatic hydroxyl groups excluding tert-OH is 1. The maximum absolute atomic E-state index is 14.0. The number of imidazole rings is 1. The van der Waals surface area contributed by atoms with Gasteiger partial charge in [0.2, 0.25) is 0 Å². The summed E-state index contributed by atoms with van der Waals surface area (Å²) in [5.74, 6) is -0.315. The van der Waals surface area contributed by atoms with Gasteiger partial charge >= 0.3 is 6.09 Å². The first-order valence-electron chi connectivity index (χ1n) is 15.1. The lowest BCUT2D eigenvalue weighted by molar-refractivity contribution is -0.676. The molecular weight excluding hydrogens is 616 g/mol. The van der Waals surface area contributed by atoms with Gasteiger partial charge in [-0.05, 0) is 34.6 Å². The van der Waals surface area contributed by atoms with E-state index in [-0.39, 0.29) is 41.5 Å². The van der Waals surface area contributed by atoms with Crippen LogP contribution < -0.4 is 26.3 Å². The van der Waals surface area contributed by atoms with Crippen molar-refractivity contribution in [2.45, 2.75) is 66.0 Å². The molecule has 15 nitrogen and oxygen atoms in total. The number of anilines is 3. The number of carbonyl (C=O) groups is 3. The van der Waals surface area contributed by atoms with Crippen LogP contribution in [0, 0.1) is 0 Å². The van der Waals surface area contributed by atoms with Gasteiger partial charge in [-0.25, -0.2) is 23.9 Å². The van der Waals surface area contributed by atoms with Crippen LogP contribution in [0.4, 0.5) is 22.1 Å². The number of aliphatic hydroxyl groups is 1. The average molecular weight is 660 g/mol. The second-order valence-corrected chi connectivity index (χ2v) is 12.8. The Morgan fingerprint density at radius 3 is 2.30 bits per heavy atom. The third kappa shape index (κ3) is 7.36. The Morgan fingerprint density at radius 2 is 1.74 bits per heavy atom. The number of halogens is 1. The van der Waals surface area contributed by atoms with Crippen molar-refractivity contribution in [2.24, 2.45) is 0 Å². The first-order chi connectivity index (χ1) is 21.5. The van der Waals surface area contributed by atoms with E-state index in [1.54, 1.807) is 16.7 Å². The minimum absolute atomic E-state index is 0.0460. The molecule has 0 unspecified atom stereocenters. The Kier molecular flexibility index (Phi) is 10.2. The van der Waals surface area contributed by atoms with Gasteiger partial charge in [0.25, 0.3) is 17.6 Å². The number of aryl methyl sites for hydroxylation is 1. The number of nitrogens with one attached hydrogen (secondary N) is 1. The van der Waals surface area contributed by atoms with Gasteiger partial charge in [0.1, 0.15) is 18.7 Å². The molecule has 16 heteroatoms.